The Morgan fingerprint density at radius 2 is 1.68 bits per heavy atom. The van der Waals surface area contributed by atoms with Gasteiger partial charge in [0.2, 0.25) is 0 Å². The molecule has 1 aromatic heterocycles. The molecule has 0 saturated heterocycles. The van der Waals surface area contributed by atoms with Crippen molar-refractivity contribution < 1.29 is 27.5 Å². The van der Waals surface area contributed by atoms with Gasteiger partial charge in [0, 0.05) is 0 Å². The Hall–Kier alpha value is -3.10. The molecule has 2 aromatic rings. The molecule has 1 aromatic carbocycles. The van der Waals surface area contributed by atoms with Crippen molar-refractivity contribution in [3.63, 3.8) is 0 Å². The summed E-state index contributed by atoms with van der Waals surface area (Å²) in [5.41, 5.74) is -1.30. The molecule has 1 unspecified atom stereocenters. The molecule has 0 saturated carbocycles. The van der Waals surface area contributed by atoms with E-state index in [1.165, 1.54) is 0 Å². The first-order valence-electron chi connectivity index (χ1n) is 8.34. The summed E-state index contributed by atoms with van der Waals surface area (Å²) in [6.07, 6.45) is -4.48. The van der Waals surface area contributed by atoms with Gasteiger partial charge in [0.25, 0.3) is 5.91 Å². The van der Waals surface area contributed by atoms with Gasteiger partial charge in [-0.05, 0) is 38.5 Å². The fraction of sp³-hybridized carbons (Fsp3) is 0.316. The number of hydrogen-bond acceptors (Lipinski definition) is 4. The molecule has 150 valence electrons. The van der Waals surface area contributed by atoms with Crippen LogP contribution >= 0.6 is 0 Å². The maximum Gasteiger partial charge on any atom is 0.433 e. The number of amides is 2. The van der Waals surface area contributed by atoms with Gasteiger partial charge in [-0.15, -0.1) is 0 Å². The smallest absolute Gasteiger partial charge is 0.433 e. The van der Waals surface area contributed by atoms with Gasteiger partial charge in [0.1, 0.15) is 17.3 Å². The number of carbonyl (C=O) groups is 2. The SMILES string of the molecule is CC(C)(C)OC(=O)NC(C(=O)Nc1ccc(C(F)(F)F)nc1)c1ccccc1. The molecule has 9 heteroatoms. The Bertz CT molecular complexity index is 816. The Labute approximate surface area is 160 Å². The van der Waals surface area contributed by atoms with Crippen LogP contribution in [0.1, 0.15) is 38.1 Å². The molecule has 2 rings (SSSR count). The van der Waals surface area contributed by atoms with Crippen LogP contribution < -0.4 is 10.6 Å². The summed E-state index contributed by atoms with van der Waals surface area (Å²) >= 11 is 0. The summed E-state index contributed by atoms with van der Waals surface area (Å²) in [5.74, 6) is -0.654. The number of pyridine rings is 1. The first-order valence-corrected chi connectivity index (χ1v) is 8.34. The van der Waals surface area contributed by atoms with E-state index in [2.05, 4.69) is 15.6 Å². The van der Waals surface area contributed by atoms with Crippen molar-refractivity contribution in [1.82, 2.24) is 10.3 Å². The average molecular weight is 395 g/mol. The zero-order valence-corrected chi connectivity index (χ0v) is 15.5. The first-order chi connectivity index (χ1) is 13.0. The third kappa shape index (κ3) is 6.26. The fourth-order valence-corrected chi connectivity index (χ4v) is 2.22. The van der Waals surface area contributed by atoms with Gasteiger partial charge in [-0.1, -0.05) is 30.3 Å². The molecule has 0 aliphatic rings. The molecule has 6 nitrogen and oxygen atoms in total. The number of alkyl halides is 3. The number of hydrogen-bond donors (Lipinski definition) is 2. The molecule has 28 heavy (non-hydrogen) atoms. The third-order valence-corrected chi connectivity index (χ3v) is 3.38. The fourth-order valence-electron chi connectivity index (χ4n) is 2.22. The second-order valence-electron chi connectivity index (χ2n) is 6.91. The van der Waals surface area contributed by atoms with Crippen LogP contribution in [0.3, 0.4) is 0 Å². The maximum absolute atomic E-state index is 12.7. The molecule has 0 fully saturated rings. The minimum absolute atomic E-state index is 0.0601. The van der Waals surface area contributed by atoms with Gasteiger partial charge < -0.3 is 15.4 Å². The number of rotatable bonds is 4. The first kappa shape index (κ1) is 21.2. The van der Waals surface area contributed by atoms with Gasteiger partial charge >= 0.3 is 12.3 Å². The standard InChI is InChI=1S/C19H20F3N3O3/c1-18(2,3)28-17(27)25-15(12-7-5-4-6-8-12)16(26)24-13-9-10-14(23-11-13)19(20,21)22/h4-11,15H,1-3H3,(H,24,26)(H,25,27). The molecule has 0 spiro atoms. The summed E-state index contributed by atoms with van der Waals surface area (Å²) in [7, 11) is 0. The zero-order valence-electron chi connectivity index (χ0n) is 15.5. The van der Waals surface area contributed by atoms with E-state index in [-0.39, 0.29) is 5.69 Å². The highest BCUT2D eigenvalue weighted by molar-refractivity contribution is 5.97. The van der Waals surface area contributed by atoms with Crippen LogP contribution in [0.2, 0.25) is 0 Å². The van der Waals surface area contributed by atoms with Crippen LogP contribution in [0.25, 0.3) is 0 Å². The predicted molar refractivity (Wildman–Crippen MR) is 96.4 cm³/mol. The maximum atomic E-state index is 12.7. The van der Waals surface area contributed by atoms with Gasteiger partial charge in [-0.3, -0.25) is 4.79 Å². The Morgan fingerprint density at radius 3 is 2.18 bits per heavy atom. The average Bonchev–Trinajstić information content (AvgIpc) is 2.58. The van der Waals surface area contributed by atoms with Crippen LogP contribution in [-0.4, -0.2) is 22.6 Å². The van der Waals surface area contributed by atoms with E-state index in [1.807, 2.05) is 0 Å². The van der Waals surface area contributed by atoms with Crippen molar-refractivity contribution >= 4 is 17.7 Å². The molecular weight excluding hydrogens is 375 g/mol. The van der Waals surface area contributed by atoms with Crippen molar-refractivity contribution in [3.05, 3.63) is 59.9 Å². The lowest BCUT2D eigenvalue weighted by molar-refractivity contribution is -0.141. The number of carbonyl (C=O) groups excluding carboxylic acids is 2. The number of anilines is 1. The minimum Gasteiger partial charge on any atom is -0.444 e. The molecule has 2 N–H and O–H groups in total. The predicted octanol–water partition coefficient (Wildman–Crippen LogP) is 4.30. The number of nitrogens with zero attached hydrogens (tertiary/aromatic N) is 1. The number of aromatic nitrogens is 1. The second kappa shape index (κ2) is 8.28. The van der Waals surface area contributed by atoms with Crippen molar-refractivity contribution in [1.29, 1.82) is 0 Å². The Balaban J connectivity index is 2.18. The summed E-state index contributed by atoms with van der Waals surface area (Å²) in [5, 5.41) is 4.92. The Kier molecular flexibility index (Phi) is 6.27. The lowest BCUT2D eigenvalue weighted by Gasteiger charge is -2.23. The summed E-state index contributed by atoms with van der Waals surface area (Å²) < 4.78 is 43.0. The molecule has 0 radical (unpaired) electrons. The topological polar surface area (TPSA) is 80.3 Å². The highest BCUT2D eigenvalue weighted by Gasteiger charge is 2.32. The third-order valence-electron chi connectivity index (χ3n) is 3.38. The number of benzene rings is 1. The largest absolute Gasteiger partial charge is 0.444 e. The van der Waals surface area contributed by atoms with E-state index in [4.69, 9.17) is 4.74 Å². The van der Waals surface area contributed by atoms with E-state index in [9.17, 15) is 22.8 Å². The molecule has 0 aliphatic heterocycles. The summed E-state index contributed by atoms with van der Waals surface area (Å²) in [6.45, 7) is 5.04. The Morgan fingerprint density at radius 1 is 1.04 bits per heavy atom. The van der Waals surface area contributed by atoms with Crippen molar-refractivity contribution in [2.24, 2.45) is 0 Å². The van der Waals surface area contributed by atoms with E-state index < -0.39 is 35.5 Å². The van der Waals surface area contributed by atoms with Crippen LogP contribution in [0, 0.1) is 0 Å². The normalized spacial score (nSPS) is 12.8. The number of ether oxygens (including phenoxy) is 1. The minimum atomic E-state index is -4.58. The lowest BCUT2D eigenvalue weighted by Crippen LogP contribution is -2.40. The molecule has 1 heterocycles. The summed E-state index contributed by atoms with van der Waals surface area (Å²) in [6, 6.07) is 9.11. The number of alkyl carbamates (subject to hydrolysis) is 1. The highest BCUT2D eigenvalue weighted by atomic mass is 19.4. The van der Waals surface area contributed by atoms with Crippen LogP contribution in [-0.2, 0) is 15.7 Å². The number of nitrogens with one attached hydrogen (secondary N) is 2. The van der Waals surface area contributed by atoms with Crippen LogP contribution in [0.15, 0.2) is 48.7 Å². The van der Waals surface area contributed by atoms with Crippen LogP contribution in [0.4, 0.5) is 23.7 Å². The molecule has 0 bridgehead atoms. The molecular formula is C19H20F3N3O3. The van der Waals surface area contributed by atoms with Crippen molar-refractivity contribution in [2.45, 2.75) is 38.6 Å². The van der Waals surface area contributed by atoms with E-state index in [0.717, 1.165) is 18.3 Å². The van der Waals surface area contributed by atoms with E-state index in [0.29, 0.717) is 5.56 Å². The van der Waals surface area contributed by atoms with Gasteiger partial charge in [-0.2, -0.15) is 13.2 Å². The van der Waals surface area contributed by atoms with E-state index in [1.54, 1.807) is 51.1 Å². The van der Waals surface area contributed by atoms with Crippen molar-refractivity contribution in [3.8, 4) is 0 Å². The van der Waals surface area contributed by atoms with Gasteiger partial charge in [-0.25, -0.2) is 9.78 Å². The highest BCUT2D eigenvalue weighted by Crippen LogP contribution is 2.28. The quantitative estimate of drug-likeness (QED) is 0.809. The van der Waals surface area contributed by atoms with Crippen molar-refractivity contribution in [2.75, 3.05) is 5.32 Å². The summed E-state index contributed by atoms with van der Waals surface area (Å²) in [4.78, 5) is 28.1. The van der Waals surface area contributed by atoms with Gasteiger partial charge in [0.05, 0.1) is 11.9 Å². The van der Waals surface area contributed by atoms with Gasteiger partial charge in [0.15, 0.2) is 0 Å². The molecule has 1 atom stereocenters. The van der Waals surface area contributed by atoms with E-state index >= 15 is 0 Å². The van der Waals surface area contributed by atoms with Crippen LogP contribution in [0.5, 0.6) is 0 Å². The lowest BCUT2D eigenvalue weighted by atomic mass is 10.1. The number of halogens is 3. The molecule has 2 amide bonds. The second-order valence-corrected chi connectivity index (χ2v) is 6.91. The molecule has 0 aliphatic carbocycles. The zero-order chi connectivity index (χ0) is 20.9. The monoisotopic (exact) mass is 395 g/mol.